The van der Waals surface area contributed by atoms with Crippen LogP contribution in [0.25, 0.3) is 6.08 Å². The largest absolute Gasteiger partial charge is 0.448 e. The third kappa shape index (κ3) is 2.69. The van der Waals surface area contributed by atoms with Gasteiger partial charge in [0, 0.05) is 6.07 Å². The fraction of sp³-hybridized carbons (Fsp3) is 0.333. The maximum atomic E-state index is 5.85. The molecule has 4 rings (SSSR count). The molecule has 2 aromatic rings. The normalized spacial score (nSPS) is 17.5. The Morgan fingerprint density at radius 1 is 0.909 bits per heavy atom. The molecule has 0 N–H and O–H groups in total. The smallest absolute Gasteiger partial charge is 0.282 e. The van der Waals surface area contributed by atoms with Gasteiger partial charge in [0.2, 0.25) is 0 Å². The highest BCUT2D eigenvalue weighted by Crippen LogP contribution is 2.43. The predicted molar refractivity (Wildman–Crippen MR) is 84.2 cm³/mol. The van der Waals surface area contributed by atoms with Crippen LogP contribution >= 0.6 is 0 Å². The first-order valence-electron chi connectivity index (χ1n) is 7.89. The second-order valence-electron chi connectivity index (χ2n) is 5.85. The molecule has 1 saturated carbocycles. The summed E-state index contributed by atoms with van der Waals surface area (Å²) in [6.07, 6.45) is 10.9. The van der Waals surface area contributed by atoms with Gasteiger partial charge in [-0.05, 0) is 37.0 Å². The highest BCUT2D eigenvalue weighted by Gasteiger charge is 2.20. The number of fused-ring (bicyclic) bond motifs is 2. The Morgan fingerprint density at radius 2 is 1.68 bits per heavy atom. The summed E-state index contributed by atoms with van der Waals surface area (Å²) in [4.78, 5) is 0. The minimum absolute atomic E-state index is 0.425. The molecule has 2 heterocycles. The van der Waals surface area contributed by atoms with E-state index in [-0.39, 0.29) is 0 Å². The van der Waals surface area contributed by atoms with Gasteiger partial charge in [0.05, 0.1) is 5.69 Å². The third-order valence-corrected chi connectivity index (χ3v) is 4.21. The molecule has 0 bridgehead atoms. The van der Waals surface area contributed by atoms with Crippen LogP contribution in [0.15, 0.2) is 36.4 Å². The van der Waals surface area contributed by atoms with Crippen LogP contribution in [0, 0.1) is 5.92 Å². The molecule has 0 radical (unpaired) electrons. The Labute approximate surface area is 129 Å². The summed E-state index contributed by atoms with van der Waals surface area (Å²) in [5, 5.41) is 8.34. The van der Waals surface area contributed by atoms with Gasteiger partial charge < -0.3 is 9.47 Å². The monoisotopic (exact) mass is 294 g/mol. The zero-order valence-electron chi connectivity index (χ0n) is 12.4. The van der Waals surface area contributed by atoms with Gasteiger partial charge in [0.15, 0.2) is 17.2 Å². The number of hydrogen-bond donors (Lipinski definition) is 0. The van der Waals surface area contributed by atoms with Crippen LogP contribution in [0.5, 0.6) is 23.1 Å². The maximum absolute atomic E-state index is 5.85. The lowest BCUT2D eigenvalue weighted by Gasteiger charge is -2.19. The van der Waals surface area contributed by atoms with Crippen molar-refractivity contribution in [3.63, 3.8) is 0 Å². The van der Waals surface area contributed by atoms with Crippen molar-refractivity contribution in [3.05, 3.63) is 42.1 Å². The maximum Gasteiger partial charge on any atom is 0.282 e. The summed E-state index contributed by atoms with van der Waals surface area (Å²) in [7, 11) is 0. The molecular formula is C18H18N2O2. The van der Waals surface area contributed by atoms with E-state index in [1.807, 2.05) is 36.4 Å². The molecule has 0 unspecified atom stereocenters. The number of ether oxygens (including phenoxy) is 2. The molecule has 1 fully saturated rings. The summed E-state index contributed by atoms with van der Waals surface area (Å²) in [5.41, 5.74) is 0.812. The van der Waals surface area contributed by atoms with Crippen LogP contribution in [-0.2, 0) is 0 Å². The van der Waals surface area contributed by atoms with Gasteiger partial charge in [-0.2, -0.15) is 0 Å². The van der Waals surface area contributed by atoms with E-state index in [1.165, 1.54) is 32.1 Å². The zero-order chi connectivity index (χ0) is 14.8. The average Bonchev–Trinajstić information content (AvgIpc) is 2.59. The van der Waals surface area contributed by atoms with E-state index in [1.54, 1.807) is 0 Å². The van der Waals surface area contributed by atoms with Crippen molar-refractivity contribution in [3.8, 4) is 23.1 Å². The van der Waals surface area contributed by atoms with Gasteiger partial charge in [-0.3, -0.25) is 0 Å². The van der Waals surface area contributed by atoms with Crippen molar-refractivity contribution >= 4 is 6.08 Å². The molecule has 0 atom stereocenters. The van der Waals surface area contributed by atoms with Crippen LogP contribution in [0.3, 0.4) is 0 Å². The second-order valence-corrected chi connectivity index (χ2v) is 5.85. The highest BCUT2D eigenvalue weighted by molar-refractivity contribution is 5.55. The standard InChI is InChI=1S/C18H18N2O2/c1-2-6-13(7-3-1)10-11-14-12-17-18(20-19-14)22-16-9-5-4-8-15(16)21-17/h4-5,8-13H,1-3,6-7H2. The topological polar surface area (TPSA) is 44.2 Å². The number of allylic oxidation sites excluding steroid dienone is 1. The first-order chi connectivity index (χ1) is 10.9. The van der Waals surface area contributed by atoms with Gasteiger partial charge >= 0.3 is 0 Å². The molecule has 112 valence electrons. The first-order valence-corrected chi connectivity index (χ1v) is 7.89. The lowest BCUT2D eigenvalue weighted by Crippen LogP contribution is -2.04. The van der Waals surface area contributed by atoms with Crippen molar-refractivity contribution in [1.29, 1.82) is 0 Å². The molecule has 4 heteroatoms. The van der Waals surface area contributed by atoms with Gasteiger partial charge in [-0.15, -0.1) is 10.2 Å². The second kappa shape index (κ2) is 5.79. The number of para-hydroxylation sites is 2. The fourth-order valence-electron chi connectivity index (χ4n) is 3.01. The Hall–Kier alpha value is -2.36. The molecule has 0 amide bonds. The van der Waals surface area contributed by atoms with Crippen LogP contribution in [-0.4, -0.2) is 10.2 Å². The zero-order valence-corrected chi connectivity index (χ0v) is 12.4. The molecule has 22 heavy (non-hydrogen) atoms. The molecule has 2 aliphatic rings. The van der Waals surface area contributed by atoms with Gasteiger partial charge in [0.1, 0.15) is 0 Å². The molecule has 1 aliphatic carbocycles. The van der Waals surface area contributed by atoms with E-state index < -0.39 is 0 Å². The van der Waals surface area contributed by atoms with E-state index in [2.05, 4.69) is 16.3 Å². The number of hydrogen-bond acceptors (Lipinski definition) is 4. The Morgan fingerprint density at radius 3 is 2.50 bits per heavy atom. The molecule has 1 aromatic carbocycles. The molecule has 0 saturated heterocycles. The van der Waals surface area contributed by atoms with E-state index in [4.69, 9.17) is 9.47 Å². The average molecular weight is 294 g/mol. The van der Waals surface area contributed by atoms with Crippen molar-refractivity contribution in [1.82, 2.24) is 10.2 Å². The van der Waals surface area contributed by atoms with Crippen LogP contribution < -0.4 is 9.47 Å². The quantitative estimate of drug-likeness (QED) is 0.669. The summed E-state index contributed by atoms with van der Waals surface area (Å²) >= 11 is 0. The van der Waals surface area contributed by atoms with Crippen molar-refractivity contribution in [2.45, 2.75) is 32.1 Å². The van der Waals surface area contributed by atoms with E-state index >= 15 is 0 Å². The van der Waals surface area contributed by atoms with Gasteiger partial charge in [-0.25, -0.2) is 0 Å². The number of aromatic nitrogens is 2. The Bertz CT molecular complexity index is 706. The molecule has 0 spiro atoms. The SMILES string of the molecule is C(=CC1CCCCC1)c1cc2c(nn1)Oc1ccccc1O2. The Kier molecular flexibility index (Phi) is 3.51. The van der Waals surface area contributed by atoms with Crippen molar-refractivity contribution in [2.75, 3.05) is 0 Å². The number of nitrogens with zero attached hydrogens (tertiary/aromatic N) is 2. The molecule has 1 aromatic heterocycles. The minimum atomic E-state index is 0.425. The summed E-state index contributed by atoms with van der Waals surface area (Å²) in [5.74, 6) is 3.11. The molecular weight excluding hydrogens is 276 g/mol. The van der Waals surface area contributed by atoms with E-state index in [0.717, 1.165) is 5.69 Å². The minimum Gasteiger partial charge on any atom is -0.448 e. The van der Waals surface area contributed by atoms with Crippen molar-refractivity contribution < 1.29 is 9.47 Å². The predicted octanol–water partition coefficient (Wildman–Crippen LogP) is 4.97. The molecule has 1 aliphatic heterocycles. The number of rotatable bonds is 2. The van der Waals surface area contributed by atoms with Crippen LogP contribution in [0.1, 0.15) is 37.8 Å². The van der Waals surface area contributed by atoms with E-state index in [0.29, 0.717) is 29.0 Å². The Balaban J connectivity index is 1.54. The number of benzene rings is 1. The van der Waals surface area contributed by atoms with Crippen LogP contribution in [0.4, 0.5) is 0 Å². The van der Waals surface area contributed by atoms with Gasteiger partial charge in [-0.1, -0.05) is 37.5 Å². The first kappa shape index (κ1) is 13.3. The van der Waals surface area contributed by atoms with Gasteiger partial charge in [0.25, 0.3) is 5.88 Å². The highest BCUT2D eigenvalue weighted by atomic mass is 16.6. The van der Waals surface area contributed by atoms with E-state index in [9.17, 15) is 0 Å². The lowest BCUT2D eigenvalue weighted by atomic mass is 9.89. The summed E-state index contributed by atoms with van der Waals surface area (Å²) in [6, 6.07) is 9.46. The van der Waals surface area contributed by atoms with Crippen molar-refractivity contribution in [2.24, 2.45) is 5.92 Å². The lowest BCUT2D eigenvalue weighted by molar-refractivity contribution is 0.343. The summed E-state index contributed by atoms with van der Waals surface area (Å²) in [6.45, 7) is 0. The van der Waals surface area contributed by atoms with Crippen LogP contribution in [0.2, 0.25) is 0 Å². The summed E-state index contributed by atoms with van der Waals surface area (Å²) < 4.78 is 11.6. The third-order valence-electron chi connectivity index (χ3n) is 4.21. The fourth-order valence-corrected chi connectivity index (χ4v) is 3.01. The molecule has 4 nitrogen and oxygen atoms in total.